The molecule has 6 heteroatoms. The minimum atomic E-state index is -4.36. The predicted octanol–water partition coefficient (Wildman–Crippen LogP) is 0.745. The highest BCUT2D eigenvalue weighted by Crippen LogP contribution is 2.02. The van der Waals surface area contributed by atoms with Crippen LogP contribution in [0.25, 0.3) is 0 Å². The number of aromatic nitrogens is 2. The molecule has 0 saturated carbocycles. The number of aryl methyl sites for hydroxylation is 2. The van der Waals surface area contributed by atoms with Gasteiger partial charge in [-0.1, -0.05) is 0 Å². The van der Waals surface area contributed by atoms with Crippen LogP contribution in [-0.2, 0) is 23.2 Å². The molecule has 0 aliphatic heterocycles. The van der Waals surface area contributed by atoms with Gasteiger partial charge in [0.2, 0.25) is 0 Å². The van der Waals surface area contributed by atoms with E-state index in [1.54, 1.807) is 17.1 Å². The van der Waals surface area contributed by atoms with Crippen molar-refractivity contribution >= 4 is 10.2 Å². The maximum absolute atomic E-state index is 12.1. The monoisotopic (exact) mass is 206 g/mol. The Morgan fingerprint density at radius 3 is 2.77 bits per heavy atom. The van der Waals surface area contributed by atoms with Gasteiger partial charge < -0.3 is 0 Å². The predicted molar refractivity (Wildman–Crippen MR) is 46.5 cm³/mol. The lowest BCUT2D eigenvalue weighted by atomic mass is 10.3. The molecule has 0 radical (unpaired) electrons. The van der Waals surface area contributed by atoms with Gasteiger partial charge in [-0.3, -0.25) is 4.68 Å². The van der Waals surface area contributed by atoms with Crippen molar-refractivity contribution in [1.82, 2.24) is 9.78 Å². The molecule has 0 fully saturated rings. The summed E-state index contributed by atoms with van der Waals surface area (Å²) in [4.78, 5) is 0. The molecule has 74 valence electrons. The first-order chi connectivity index (χ1) is 6.01. The molecule has 0 bridgehead atoms. The molecule has 0 amide bonds. The Labute approximate surface area is 76.6 Å². The van der Waals surface area contributed by atoms with E-state index in [-0.39, 0.29) is 6.42 Å². The van der Waals surface area contributed by atoms with Gasteiger partial charge in [0.05, 0.1) is 11.9 Å². The van der Waals surface area contributed by atoms with E-state index in [2.05, 4.69) is 5.10 Å². The van der Waals surface area contributed by atoms with Crippen molar-refractivity contribution in [3.63, 3.8) is 0 Å². The van der Waals surface area contributed by atoms with E-state index in [0.29, 0.717) is 0 Å². The number of rotatable bonds is 4. The van der Waals surface area contributed by atoms with E-state index in [1.165, 1.54) is 0 Å². The molecular weight excluding hydrogens is 195 g/mol. The van der Waals surface area contributed by atoms with Gasteiger partial charge in [0.1, 0.15) is 0 Å². The Kier molecular flexibility index (Phi) is 3.02. The molecule has 1 rings (SSSR count). The lowest BCUT2D eigenvalue weighted by molar-refractivity contribution is 0.551. The second-order valence-corrected chi connectivity index (χ2v) is 4.18. The van der Waals surface area contributed by atoms with E-state index in [1.807, 2.05) is 6.92 Å². The summed E-state index contributed by atoms with van der Waals surface area (Å²) in [6, 6.07) is 0. The van der Waals surface area contributed by atoms with Crippen LogP contribution in [0.15, 0.2) is 12.4 Å². The first-order valence-electron chi connectivity index (χ1n) is 3.95. The van der Waals surface area contributed by atoms with Gasteiger partial charge in [0.15, 0.2) is 0 Å². The zero-order chi connectivity index (χ0) is 9.90. The third-order valence-corrected chi connectivity index (χ3v) is 2.34. The van der Waals surface area contributed by atoms with Crippen LogP contribution in [0.1, 0.15) is 12.5 Å². The van der Waals surface area contributed by atoms with Crippen molar-refractivity contribution in [3.05, 3.63) is 18.0 Å². The first kappa shape index (κ1) is 10.2. The van der Waals surface area contributed by atoms with E-state index >= 15 is 0 Å². The fourth-order valence-electron chi connectivity index (χ4n) is 0.948. The summed E-state index contributed by atoms with van der Waals surface area (Å²) in [5.41, 5.74) is 0.739. The number of halogens is 1. The molecule has 13 heavy (non-hydrogen) atoms. The summed E-state index contributed by atoms with van der Waals surface area (Å²) in [5, 5.41) is 3.93. The van der Waals surface area contributed by atoms with Crippen molar-refractivity contribution in [2.45, 2.75) is 19.9 Å². The van der Waals surface area contributed by atoms with E-state index < -0.39 is 16.0 Å². The summed E-state index contributed by atoms with van der Waals surface area (Å²) in [7, 11) is -4.36. The van der Waals surface area contributed by atoms with Crippen LogP contribution in [0.3, 0.4) is 0 Å². The zero-order valence-corrected chi connectivity index (χ0v) is 8.09. The second kappa shape index (κ2) is 3.87. The Bertz CT molecular complexity index is 372. The third-order valence-electron chi connectivity index (χ3n) is 1.65. The summed E-state index contributed by atoms with van der Waals surface area (Å²) < 4.78 is 34.1. The quantitative estimate of drug-likeness (QED) is 0.683. The summed E-state index contributed by atoms with van der Waals surface area (Å²) >= 11 is 0. The van der Waals surface area contributed by atoms with Crippen molar-refractivity contribution in [3.8, 4) is 0 Å². The Balaban J connectivity index is 2.55. The number of nitrogens with zero attached hydrogens (tertiary/aromatic N) is 2. The minimum absolute atomic E-state index is 0.179. The van der Waals surface area contributed by atoms with Crippen LogP contribution in [0.2, 0.25) is 0 Å². The molecule has 0 N–H and O–H groups in total. The fourth-order valence-corrected chi connectivity index (χ4v) is 1.43. The van der Waals surface area contributed by atoms with Crippen molar-refractivity contribution in [2.75, 3.05) is 5.75 Å². The van der Waals surface area contributed by atoms with Crippen LogP contribution in [0.4, 0.5) is 3.89 Å². The Morgan fingerprint density at radius 2 is 2.31 bits per heavy atom. The molecule has 0 unspecified atom stereocenters. The van der Waals surface area contributed by atoms with Crippen LogP contribution in [0.5, 0.6) is 0 Å². The minimum Gasteiger partial charge on any atom is -0.273 e. The molecule has 0 aliphatic rings. The molecule has 1 aromatic rings. The third kappa shape index (κ3) is 3.54. The Hall–Kier alpha value is -0.910. The van der Waals surface area contributed by atoms with Gasteiger partial charge in [-0.15, -0.1) is 3.89 Å². The highest BCUT2D eigenvalue weighted by Gasteiger charge is 2.08. The van der Waals surface area contributed by atoms with Crippen LogP contribution >= 0.6 is 0 Å². The largest absolute Gasteiger partial charge is 0.302 e. The number of hydrogen-bond donors (Lipinski definition) is 0. The molecule has 4 nitrogen and oxygen atoms in total. The van der Waals surface area contributed by atoms with Gasteiger partial charge in [0, 0.05) is 12.7 Å². The maximum Gasteiger partial charge on any atom is 0.302 e. The first-order valence-corrected chi connectivity index (χ1v) is 5.50. The molecule has 1 heterocycles. The van der Waals surface area contributed by atoms with Gasteiger partial charge in [-0.2, -0.15) is 13.5 Å². The van der Waals surface area contributed by atoms with E-state index in [4.69, 9.17) is 0 Å². The summed E-state index contributed by atoms with van der Waals surface area (Å²) in [5.74, 6) is -0.470. The highest BCUT2D eigenvalue weighted by molar-refractivity contribution is 7.86. The molecule has 0 aliphatic carbocycles. The smallest absolute Gasteiger partial charge is 0.273 e. The summed E-state index contributed by atoms with van der Waals surface area (Å²) in [6.07, 6.45) is 3.44. The average molecular weight is 206 g/mol. The van der Waals surface area contributed by atoms with Crippen molar-refractivity contribution in [1.29, 1.82) is 0 Å². The molecule has 1 aromatic heterocycles. The normalized spacial score (nSPS) is 11.8. The second-order valence-electron chi connectivity index (χ2n) is 2.70. The van der Waals surface area contributed by atoms with E-state index in [0.717, 1.165) is 12.1 Å². The molecule has 0 saturated heterocycles. The standard InChI is InChI=1S/C7H11FN2O2S/c1-2-10-6-7(5-9-10)3-4-13(8,11)12/h5-6H,2-4H2,1H3. The average Bonchev–Trinajstić information content (AvgIpc) is 2.47. The Morgan fingerprint density at radius 1 is 1.62 bits per heavy atom. The molecule has 0 aromatic carbocycles. The van der Waals surface area contributed by atoms with Gasteiger partial charge >= 0.3 is 10.2 Å². The lowest BCUT2D eigenvalue weighted by Gasteiger charge is -1.92. The van der Waals surface area contributed by atoms with Gasteiger partial charge in [-0.05, 0) is 18.9 Å². The van der Waals surface area contributed by atoms with Crippen molar-refractivity contribution < 1.29 is 12.3 Å². The topological polar surface area (TPSA) is 52.0 Å². The van der Waals surface area contributed by atoms with Gasteiger partial charge in [-0.25, -0.2) is 0 Å². The highest BCUT2D eigenvalue weighted by atomic mass is 32.3. The molecule has 0 spiro atoms. The van der Waals surface area contributed by atoms with Crippen LogP contribution in [-0.4, -0.2) is 24.0 Å². The molecule has 0 atom stereocenters. The van der Waals surface area contributed by atoms with Crippen LogP contribution < -0.4 is 0 Å². The maximum atomic E-state index is 12.1. The fraction of sp³-hybridized carbons (Fsp3) is 0.571. The lowest BCUT2D eigenvalue weighted by Crippen LogP contribution is -2.01. The van der Waals surface area contributed by atoms with Crippen molar-refractivity contribution in [2.24, 2.45) is 0 Å². The number of hydrogen-bond acceptors (Lipinski definition) is 3. The van der Waals surface area contributed by atoms with Gasteiger partial charge in [0.25, 0.3) is 0 Å². The van der Waals surface area contributed by atoms with Crippen LogP contribution in [0, 0.1) is 0 Å². The molecular formula is C7H11FN2O2S. The summed E-state index contributed by atoms with van der Waals surface area (Å²) in [6.45, 7) is 2.64. The zero-order valence-electron chi connectivity index (χ0n) is 7.27. The van der Waals surface area contributed by atoms with E-state index in [9.17, 15) is 12.3 Å². The SMILES string of the molecule is CCn1cc(CCS(=O)(=O)F)cn1.